The van der Waals surface area contributed by atoms with Crippen molar-refractivity contribution in [1.82, 2.24) is 0 Å². The van der Waals surface area contributed by atoms with E-state index in [-0.39, 0.29) is 0 Å². The van der Waals surface area contributed by atoms with Crippen molar-refractivity contribution < 1.29 is 0 Å². The van der Waals surface area contributed by atoms with Crippen LogP contribution in [0.4, 0.5) is 0 Å². The molecule has 0 saturated carbocycles. The van der Waals surface area contributed by atoms with Gasteiger partial charge in [0.05, 0.1) is 5.41 Å². The van der Waals surface area contributed by atoms with E-state index in [9.17, 15) is 0 Å². The number of benzene rings is 12. The molecule has 0 heteroatoms. The summed E-state index contributed by atoms with van der Waals surface area (Å²) in [5.74, 6) is 0. The van der Waals surface area contributed by atoms with Crippen LogP contribution in [0.3, 0.4) is 0 Å². The molecule has 59 heavy (non-hydrogen) atoms. The van der Waals surface area contributed by atoms with Gasteiger partial charge in [0.2, 0.25) is 0 Å². The number of rotatable bonds is 2. The van der Waals surface area contributed by atoms with Gasteiger partial charge in [0.1, 0.15) is 0 Å². The molecule has 0 aliphatic heterocycles. The van der Waals surface area contributed by atoms with E-state index < -0.39 is 5.41 Å². The Kier molecular flexibility index (Phi) is 6.05. The molecule has 2 aliphatic carbocycles. The molecular weight excluding hydrogens is 709 g/mol. The largest absolute Gasteiger partial charge is 0.0737 e. The van der Waals surface area contributed by atoms with Gasteiger partial charge >= 0.3 is 0 Å². The summed E-state index contributed by atoms with van der Waals surface area (Å²) in [6, 6.07) is 78.1. The van der Waals surface area contributed by atoms with Crippen molar-refractivity contribution in [3.63, 3.8) is 0 Å². The zero-order valence-corrected chi connectivity index (χ0v) is 32.1. The Hall–Kier alpha value is -7.54. The first kappa shape index (κ1) is 31.5. The Labute approximate surface area is 341 Å². The van der Waals surface area contributed by atoms with Crippen molar-refractivity contribution in [1.29, 1.82) is 0 Å². The highest BCUT2D eigenvalue weighted by Crippen LogP contribution is 2.66. The van der Waals surface area contributed by atoms with Crippen LogP contribution >= 0.6 is 0 Å². The monoisotopic (exact) mass is 742 g/mol. The van der Waals surface area contributed by atoms with Crippen LogP contribution in [-0.2, 0) is 5.41 Å². The Morgan fingerprint density at radius 2 is 0.814 bits per heavy atom. The maximum absolute atomic E-state index is 2.47. The van der Waals surface area contributed by atoms with Gasteiger partial charge in [-0.2, -0.15) is 0 Å². The minimum Gasteiger partial charge on any atom is -0.0619 e. The third-order valence-electron chi connectivity index (χ3n) is 14.0. The van der Waals surface area contributed by atoms with Crippen molar-refractivity contribution in [2.45, 2.75) is 5.41 Å². The summed E-state index contributed by atoms with van der Waals surface area (Å²) in [6.07, 6.45) is 0. The lowest BCUT2D eigenvalue weighted by Gasteiger charge is -2.32. The van der Waals surface area contributed by atoms with E-state index in [0.29, 0.717) is 0 Å². The first-order chi connectivity index (χ1) is 29.3. The molecule has 0 unspecified atom stereocenters. The molecule has 2 aliphatic rings. The summed E-state index contributed by atoms with van der Waals surface area (Å²) in [6.45, 7) is 0. The normalized spacial score (nSPS) is 13.6. The molecule has 0 saturated heterocycles. The summed E-state index contributed by atoms with van der Waals surface area (Å²) in [5.41, 5.74) is 15.4. The first-order valence-corrected chi connectivity index (χ1v) is 20.8. The van der Waals surface area contributed by atoms with Crippen molar-refractivity contribution >= 4 is 64.6 Å². The second-order valence-corrected chi connectivity index (χ2v) is 16.7. The van der Waals surface area contributed by atoms with Crippen LogP contribution in [0.25, 0.3) is 109 Å². The van der Waals surface area contributed by atoms with Gasteiger partial charge < -0.3 is 0 Å². The SMILES string of the molecule is c1cc(-c2ccc3c4c(c5ccccc5c3c2)-c2ccc3ccccc3c2C42c3ccccc3-c3ccccc32)cc(-c2ccc3ccc4cccc5ccc2c3c45)c1. The molecule has 0 radical (unpaired) electrons. The highest BCUT2D eigenvalue weighted by molar-refractivity contribution is 6.26. The molecular formula is C59H34. The van der Waals surface area contributed by atoms with Gasteiger partial charge in [-0.25, -0.2) is 0 Å². The Balaban J connectivity index is 1.05. The van der Waals surface area contributed by atoms with Gasteiger partial charge in [0.15, 0.2) is 0 Å². The van der Waals surface area contributed by atoms with Crippen LogP contribution in [0.1, 0.15) is 22.3 Å². The topological polar surface area (TPSA) is 0 Å². The lowest BCUT2D eigenvalue weighted by atomic mass is 9.68. The first-order valence-electron chi connectivity index (χ1n) is 20.8. The van der Waals surface area contributed by atoms with Gasteiger partial charge in [-0.1, -0.05) is 194 Å². The molecule has 0 aromatic heterocycles. The second-order valence-electron chi connectivity index (χ2n) is 16.7. The third kappa shape index (κ3) is 3.94. The summed E-state index contributed by atoms with van der Waals surface area (Å²) in [5, 5.41) is 15.7. The predicted molar refractivity (Wildman–Crippen MR) is 250 cm³/mol. The molecule has 0 bridgehead atoms. The molecule has 0 nitrogen and oxygen atoms in total. The van der Waals surface area contributed by atoms with Gasteiger partial charge in [-0.15, -0.1) is 0 Å². The molecule has 12 aromatic carbocycles. The molecule has 12 aromatic rings. The lowest BCUT2D eigenvalue weighted by Crippen LogP contribution is -2.26. The number of hydrogen-bond acceptors (Lipinski definition) is 0. The highest BCUT2D eigenvalue weighted by Gasteiger charge is 2.53. The fourth-order valence-corrected chi connectivity index (χ4v) is 11.7. The molecule has 0 fully saturated rings. The zero-order chi connectivity index (χ0) is 38.4. The molecule has 0 amide bonds. The minimum atomic E-state index is -0.475. The molecule has 0 heterocycles. The predicted octanol–water partition coefficient (Wildman–Crippen LogP) is 15.7. The fraction of sp³-hybridized carbons (Fsp3) is 0.0169. The molecule has 0 N–H and O–H groups in total. The Bertz CT molecular complexity index is 3730. The summed E-state index contributed by atoms with van der Waals surface area (Å²) in [7, 11) is 0. The van der Waals surface area contributed by atoms with Crippen LogP contribution < -0.4 is 0 Å². The maximum atomic E-state index is 2.47. The van der Waals surface area contributed by atoms with E-state index in [0.717, 1.165) is 0 Å². The maximum Gasteiger partial charge on any atom is 0.0737 e. The van der Waals surface area contributed by atoms with Gasteiger partial charge in [0.25, 0.3) is 0 Å². The molecule has 270 valence electrons. The smallest absolute Gasteiger partial charge is 0.0619 e. The quantitative estimate of drug-likeness (QED) is 0.155. The standard InChI is InChI=1S/C59H34/c1-2-16-43-35(11-1)25-32-50-56-47-20-4-3-17-44(47)51-34-40(28-31-49(51)58(56)59(57(43)50)52-21-7-5-18-45(52)46-19-6-8-22-53(46)59)39-14-10-15-41(33-39)42-29-26-38-24-23-36-12-9-13-37-27-30-48(42)55(38)54(36)37/h1-34H. The highest BCUT2D eigenvalue weighted by atomic mass is 14.5. The van der Waals surface area contributed by atoms with Gasteiger partial charge in [0, 0.05) is 0 Å². The van der Waals surface area contributed by atoms with E-state index in [1.165, 1.54) is 131 Å². The van der Waals surface area contributed by atoms with Crippen LogP contribution in [0.5, 0.6) is 0 Å². The second kappa shape index (κ2) is 11.3. The van der Waals surface area contributed by atoms with Crippen molar-refractivity contribution in [3.8, 4) is 44.5 Å². The fourth-order valence-electron chi connectivity index (χ4n) is 11.7. The third-order valence-corrected chi connectivity index (χ3v) is 14.0. The number of hydrogen-bond donors (Lipinski definition) is 0. The molecule has 1 spiro atoms. The average Bonchev–Trinajstić information content (AvgIpc) is 3.79. The minimum absolute atomic E-state index is 0.475. The summed E-state index contributed by atoms with van der Waals surface area (Å²) >= 11 is 0. The van der Waals surface area contributed by atoms with E-state index >= 15 is 0 Å². The van der Waals surface area contributed by atoms with Crippen LogP contribution in [0.15, 0.2) is 206 Å². The van der Waals surface area contributed by atoms with Gasteiger partial charge in [-0.05, 0) is 144 Å². The molecule has 0 atom stereocenters. The Morgan fingerprint density at radius 1 is 0.254 bits per heavy atom. The zero-order valence-electron chi connectivity index (χ0n) is 32.1. The van der Waals surface area contributed by atoms with Crippen molar-refractivity contribution in [2.75, 3.05) is 0 Å². The van der Waals surface area contributed by atoms with E-state index in [1.54, 1.807) is 0 Å². The van der Waals surface area contributed by atoms with E-state index in [1.807, 2.05) is 0 Å². The van der Waals surface area contributed by atoms with E-state index in [2.05, 4.69) is 206 Å². The van der Waals surface area contributed by atoms with Crippen molar-refractivity contribution in [2.24, 2.45) is 0 Å². The lowest BCUT2D eigenvalue weighted by molar-refractivity contribution is 0.809. The Morgan fingerprint density at radius 3 is 1.63 bits per heavy atom. The van der Waals surface area contributed by atoms with Gasteiger partial charge in [-0.3, -0.25) is 0 Å². The average molecular weight is 743 g/mol. The van der Waals surface area contributed by atoms with Crippen LogP contribution in [0, 0.1) is 0 Å². The summed E-state index contributed by atoms with van der Waals surface area (Å²) < 4.78 is 0. The van der Waals surface area contributed by atoms with Crippen LogP contribution in [-0.4, -0.2) is 0 Å². The van der Waals surface area contributed by atoms with Crippen molar-refractivity contribution in [3.05, 3.63) is 229 Å². The van der Waals surface area contributed by atoms with Crippen LogP contribution in [0.2, 0.25) is 0 Å². The molecule has 14 rings (SSSR count). The number of fused-ring (bicyclic) bond motifs is 17. The van der Waals surface area contributed by atoms with E-state index in [4.69, 9.17) is 0 Å². The summed E-state index contributed by atoms with van der Waals surface area (Å²) in [4.78, 5) is 0.